The summed E-state index contributed by atoms with van der Waals surface area (Å²) in [6.07, 6.45) is 4.77. The van der Waals surface area contributed by atoms with Crippen LogP contribution in [0.2, 0.25) is 10.0 Å². The number of furan rings is 1. The molecule has 31 heavy (non-hydrogen) atoms. The first-order chi connectivity index (χ1) is 15.0. The lowest BCUT2D eigenvalue weighted by Crippen LogP contribution is -2.28. The van der Waals surface area contributed by atoms with Crippen LogP contribution in [-0.4, -0.2) is 27.3 Å². The molecule has 1 amide bonds. The number of nitrogens with zero attached hydrogens (tertiary/aromatic N) is 3. The fraction of sp³-hybridized carbons (Fsp3) is 0.0455. The van der Waals surface area contributed by atoms with Gasteiger partial charge in [0.05, 0.1) is 34.0 Å². The zero-order chi connectivity index (χ0) is 21.8. The van der Waals surface area contributed by atoms with E-state index in [9.17, 15) is 9.90 Å². The van der Waals surface area contributed by atoms with Crippen molar-refractivity contribution in [1.82, 2.24) is 4.90 Å². The average Bonchev–Trinajstić information content (AvgIpc) is 3.37. The van der Waals surface area contributed by atoms with Crippen molar-refractivity contribution >= 4 is 58.3 Å². The molecule has 4 rings (SSSR count). The second kappa shape index (κ2) is 9.43. The van der Waals surface area contributed by atoms with Gasteiger partial charge in [0.1, 0.15) is 11.5 Å². The predicted octanol–water partition coefficient (Wildman–Crippen LogP) is 5.80. The topological polar surface area (TPSA) is 78.4 Å². The predicted molar refractivity (Wildman–Crippen MR) is 124 cm³/mol. The molecule has 2 aromatic carbocycles. The zero-order valence-corrected chi connectivity index (χ0v) is 18.2. The standard InChI is InChI=1S/C22H15Cl2N3O3S/c23-18-5-1-3-15(20(18)24)11-19-21(29)27(13-17-4-2-10-30-17)22(31-19)26-25-12-14-6-8-16(28)9-7-14/h1-12,28H,13H2/b19-11-,25-12-,26-22+. The Balaban J connectivity index is 1.64. The summed E-state index contributed by atoms with van der Waals surface area (Å²) >= 11 is 13.5. The molecule has 0 aliphatic carbocycles. The van der Waals surface area contributed by atoms with E-state index in [1.807, 2.05) is 0 Å². The lowest BCUT2D eigenvalue weighted by molar-refractivity contribution is -0.122. The number of thioether (sulfide) groups is 1. The Morgan fingerprint density at radius 2 is 1.90 bits per heavy atom. The van der Waals surface area contributed by atoms with E-state index in [-0.39, 0.29) is 18.2 Å². The highest BCUT2D eigenvalue weighted by molar-refractivity contribution is 8.18. The largest absolute Gasteiger partial charge is 0.508 e. The molecule has 6 nitrogen and oxygen atoms in total. The summed E-state index contributed by atoms with van der Waals surface area (Å²) in [4.78, 5) is 15.0. The third kappa shape index (κ3) is 5.02. The summed E-state index contributed by atoms with van der Waals surface area (Å²) in [5.41, 5.74) is 1.40. The van der Waals surface area contributed by atoms with Crippen molar-refractivity contribution in [2.45, 2.75) is 6.54 Å². The minimum Gasteiger partial charge on any atom is -0.508 e. The Kier molecular flexibility index (Phi) is 6.46. The van der Waals surface area contributed by atoms with E-state index in [1.54, 1.807) is 66.9 Å². The third-order valence-corrected chi connectivity index (χ3v) is 6.12. The molecular weight excluding hydrogens is 457 g/mol. The maximum atomic E-state index is 13.1. The molecule has 9 heteroatoms. The molecule has 1 N–H and O–H groups in total. The number of halogens is 2. The molecule has 0 bridgehead atoms. The number of amides is 1. The molecule has 0 saturated carbocycles. The van der Waals surface area contributed by atoms with Crippen molar-refractivity contribution in [3.05, 3.63) is 92.7 Å². The number of benzene rings is 2. The fourth-order valence-electron chi connectivity index (χ4n) is 2.76. The third-order valence-electron chi connectivity index (χ3n) is 4.29. The molecule has 156 valence electrons. The minimum atomic E-state index is -0.240. The molecule has 1 fully saturated rings. The summed E-state index contributed by atoms with van der Waals surface area (Å²) in [6, 6.07) is 15.3. The number of aromatic hydroxyl groups is 1. The Morgan fingerprint density at radius 1 is 1.10 bits per heavy atom. The first-order valence-corrected chi connectivity index (χ1v) is 10.7. The molecule has 1 saturated heterocycles. The van der Waals surface area contributed by atoms with Crippen LogP contribution in [-0.2, 0) is 11.3 Å². The van der Waals surface area contributed by atoms with Crippen molar-refractivity contribution in [1.29, 1.82) is 0 Å². The smallest absolute Gasteiger partial charge is 0.267 e. The van der Waals surface area contributed by atoms with Gasteiger partial charge in [0, 0.05) is 0 Å². The van der Waals surface area contributed by atoms with Crippen molar-refractivity contribution < 1.29 is 14.3 Å². The van der Waals surface area contributed by atoms with Gasteiger partial charge in [-0.15, -0.1) is 5.10 Å². The van der Waals surface area contributed by atoms with E-state index in [2.05, 4.69) is 10.2 Å². The molecule has 1 aliphatic rings. The summed E-state index contributed by atoms with van der Waals surface area (Å²) in [5.74, 6) is 0.543. The highest BCUT2D eigenvalue weighted by Gasteiger charge is 2.34. The van der Waals surface area contributed by atoms with Crippen molar-refractivity contribution in [2.75, 3.05) is 0 Å². The molecule has 3 aromatic rings. The van der Waals surface area contributed by atoms with Crippen LogP contribution < -0.4 is 0 Å². The maximum absolute atomic E-state index is 13.1. The highest BCUT2D eigenvalue weighted by atomic mass is 35.5. The second-order valence-corrected chi connectivity index (χ2v) is 8.24. The van der Waals surface area contributed by atoms with Crippen LogP contribution in [0.1, 0.15) is 16.9 Å². The lowest BCUT2D eigenvalue weighted by Gasteiger charge is -2.12. The summed E-state index contributed by atoms with van der Waals surface area (Å²) in [7, 11) is 0. The molecule has 1 aliphatic heterocycles. The summed E-state index contributed by atoms with van der Waals surface area (Å²) in [6.45, 7) is 0.215. The SMILES string of the molecule is O=C1/C(=C/c2cccc(Cl)c2Cl)S/C(=N/N=C\c2ccc(O)cc2)N1Cc1ccco1. The number of amidine groups is 1. The molecule has 0 atom stereocenters. The number of hydrogen-bond donors (Lipinski definition) is 1. The highest BCUT2D eigenvalue weighted by Crippen LogP contribution is 2.36. The van der Waals surface area contributed by atoms with Gasteiger partial charge in [-0.1, -0.05) is 35.3 Å². The van der Waals surface area contributed by atoms with Gasteiger partial charge in [0.2, 0.25) is 0 Å². The lowest BCUT2D eigenvalue weighted by atomic mass is 10.2. The van der Waals surface area contributed by atoms with Crippen LogP contribution in [0.3, 0.4) is 0 Å². The maximum Gasteiger partial charge on any atom is 0.267 e. The van der Waals surface area contributed by atoms with Crippen LogP contribution >= 0.6 is 35.0 Å². The van der Waals surface area contributed by atoms with Gasteiger partial charge in [-0.25, -0.2) is 0 Å². The number of phenols is 1. The Bertz CT molecular complexity index is 1190. The molecule has 0 spiro atoms. The number of carbonyl (C=O) groups excluding carboxylic acids is 1. The van der Waals surface area contributed by atoms with Crippen LogP contribution in [0.25, 0.3) is 6.08 Å². The average molecular weight is 472 g/mol. The van der Waals surface area contributed by atoms with Crippen molar-refractivity contribution in [2.24, 2.45) is 10.2 Å². The monoisotopic (exact) mass is 471 g/mol. The summed E-state index contributed by atoms with van der Waals surface area (Å²) < 4.78 is 5.39. The van der Waals surface area contributed by atoms with Crippen LogP contribution in [0.5, 0.6) is 5.75 Å². The van der Waals surface area contributed by atoms with E-state index in [0.717, 1.165) is 5.56 Å². The van der Waals surface area contributed by atoms with E-state index in [0.29, 0.717) is 31.4 Å². The van der Waals surface area contributed by atoms with E-state index < -0.39 is 0 Å². The van der Waals surface area contributed by atoms with E-state index in [4.69, 9.17) is 27.6 Å². The first-order valence-electron chi connectivity index (χ1n) is 9.09. The molecule has 0 radical (unpaired) electrons. The van der Waals surface area contributed by atoms with Crippen LogP contribution in [0, 0.1) is 0 Å². The van der Waals surface area contributed by atoms with Gasteiger partial charge >= 0.3 is 0 Å². The van der Waals surface area contributed by atoms with Crippen molar-refractivity contribution in [3.63, 3.8) is 0 Å². The van der Waals surface area contributed by atoms with Crippen LogP contribution in [0.15, 0.2) is 80.4 Å². The van der Waals surface area contributed by atoms with Crippen molar-refractivity contribution in [3.8, 4) is 5.75 Å². The zero-order valence-electron chi connectivity index (χ0n) is 15.9. The van der Waals surface area contributed by atoms with Gasteiger partial charge in [0.15, 0.2) is 5.17 Å². The first kappa shape index (κ1) is 21.2. The summed E-state index contributed by atoms with van der Waals surface area (Å²) in [5, 5.41) is 18.9. The number of phenolic OH excluding ortho intramolecular Hbond substituents is 1. The quantitative estimate of drug-likeness (QED) is 0.289. The van der Waals surface area contributed by atoms with Gasteiger partial charge < -0.3 is 9.52 Å². The van der Waals surface area contributed by atoms with Crippen LogP contribution in [0.4, 0.5) is 0 Å². The Labute approximate surface area is 192 Å². The molecule has 1 aromatic heterocycles. The minimum absolute atomic E-state index is 0.166. The second-order valence-electron chi connectivity index (χ2n) is 6.44. The Morgan fingerprint density at radius 3 is 2.65 bits per heavy atom. The fourth-order valence-corrected chi connectivity index (χ4v) is 4.05. The molecule has 0 unspecified atom stereocenters. The van der Waals surface area contributed by atoms with Gasteiger partial charge in [-0.05, 0) is 71.4 Å². The van der Waals surface area contributed by atoms with E-state index in [1.165, 1.54) is 22.9 Å². The number of carbonyl (C=O) groups is 1. The number of rotatable bonds is 5. The molecule has 2 heterocycles. The van der Waals surface area contributed by atoms with Gasteiger partial charge in [-0.2, -0.15) is 5.10 Å². The Hall–Kier alpha value is -3.00. The van der Waals surface area contributed by atoms with E-state index >= 15 is 0 Å². The van der Waals surface area contributed by atoms with Gasteiger partial charge in [-0.3, -0.25) is 9.69 Å². The number of hydrogen-bond acceptors (Lipinski definition) is 6. The van der Waals surface area contributed by atoms with Gasteiger partial charge in [0.25, 0.3) is 5.91 Å². The molecular formula is C22H15Cl2N3O3S. The normalized spacial score (nSPS) is 16.8.